The summed E-state index contributed by atoms with van der Waals surface area (Å²) in [6.07, 6.45) is 2.68. The number of nitrogens with one attached hydrogen (secondary N) is 1. The molecule has 0 spiro atoms. The Bertz CT molecular complexity index is 1130. The molecule has 1 amide bonds. The molecule has 2 heterocycles. The second kappa shape index (κ2) is 9.08. The van der Waals surface area contributed by atoms with Crippen LogP contribution in [0.15, 0.2) is 36.5 Å². The largest absolute Gasteiger partial charge is 0.481 e. The van der Waals surface area contributed by atoms with Crippen LogP contribution in [0.3, 0.4) is 0 Å². The molecule has 1 aromatic carbocycles. The van der Waals surface area contributed by atoms with E-state index in [9.17, 15) is 13.2 Å². The number of hydrogen-bond donors (Lipinski definition) is 2. The Labute approximate surface area is 176 Å². The van der Waals surface area contributed by atoms with Gasteiger partial charge in [0.25, 0.3) is 0 Å². The van der Waals surface area contributed by atoms with E-state index >= 15 is 0 Å². The molecule has 11 heteroatoms. The van der Waals surface area contributed by atoms with E-state index in [-0.39, 0.29) is 11.6 Å². The normalized spacial score (nSPS) is 12.7. The minimum atomic E-state index is -3.71. The van der Waals surface area contributed by atoms with Gasteiger partial charge in [-0.25, -0.2) is 18.4 Å². The molecule has 0 bridgehead atoms. The molecule has 3 N–H and O–H groups in total. The van der Waals surface area contributed by atoms with Crippen LogP contribution in [0.25, 0.3) is 21.3 Å². The number of hydrogen-bond acceptors (Lipinski definition) is 9. The van der Waals surface area contributed by atoms with Crippen LogP contribution >= 0.6 is 23.3 Å². The highest BCUT2D eigenvalue weighted by Gasteiger charge is 2.33. The molecule has 0 saturated heterocycles. The molecule has 3 rings (SSSR count). The van der Waals surface area contributed by atoms with Gasteiger partial charge in [0, 0.05) is 30.3 Å². The van der Waals surface area contributed by atoms with Gasteiger partial charge in [0.05, 0.1) is 17.3 Å². The zero-order chi connectivity index (χ0) is 21.0. The zero-order valence-corrected chi connectivity index (χ0v) is 18.2. The molecular weight excluding hydrogens is 432 g/mol. The first kappa shape index (κ1) is 21.5. The zero-order valence-electron chi connectivity index (χ0n) is 15.8. The van der Waals surface area contributed by atoms with Crippen molar-refractivity contribution in [1.29, 1.82) is 0 Å². The van der Waals surface area contributed by atoms with Crippen molar-refractivity contribution in [1.82, 2.24) is 15.3 Å². The number of pyridine rings is 1. The van der Waals surface area contributed by atoms with Crippen molar-refractivity contribution in [2.75, 3.05) is 25.7 Å². The number of nitrogens with two attached hydrogens (primary N) is 1. The fourth-order valence-corrected chi connectivity index (χ4v) is 5.58. The van der Waals surface area contributed by atoms with Gasteiger partial charge < -0.3 is 10.1 Å². The molecule has 0 fully saturated rings. The number of methoxy groups -OCH3 is 1. The Morgan fingerprint density at radius 3 is 2.86 bits per heavy atom. The van der Waals surface area contributed by atoms with E-state index < -0.39 is 21.0 Å². The summed E-state index contributed by atoms with van der Waals surface area (Å²) in [5.41, 5.74) is 2.29. The van der Waals surface area contributed by atoms with Gasteiger partial charge in [0.1, 0.15) is 5.01 Å². The van der Waals surface area contributed by atoms with Gasteiger partial charge in [-0.2, -0.15) is 0 Å². The lowest BCUT2D eigenvalue weighted by Gasteiger charge is -2.12. The van der Waals surface area contributed by atoms with Gasteiger partial charge in [0.2, 0.25) is 11.8 Å². The molecule has 3 aromatic rings. The van der Waals surface area contributed by atoms with Crippen LogP contribution in [0.1, 0.15) is 10.3 Å². The van der Waals surface area contributed by atoms with Crippen molar-refractivity contribution in [3.63, 3.8) is 0 Å². The smallest absolute Gasteiger partial charge is 0.245 e. The molecule has 1 atom stereocenters. The highest BCUT2D eigenvalue weighted by atomic mass is 32.2. The Morgan fingerprint density at radius 1 is 1.38 bits per heavy atom. The number of ether oxygens (including phenoxy) is 1. The molecule has 0 aliphatic carbocycles. The number of sulfone groups is 1. The van der Waals surface area contributed by atoms with Crippen LogP contribution < -0.4 is 15.2 Å². The molecule has 0 aliphatic heterocycles. The fourth-order valence-electron chi connectivity index (χ4n) is 2.81. The summed E-state index contributed by atoms with van der Waals surface area (Å²) in [4.78, 5) is 21.1. The standard InChI is InChI=1S/C18H20N4O4S3/c1-26-17-12(4-3-7-21-17)11-5-6-13-14(10-11)28-18(22-13)15(29(2,24)25)16(23)20-8-9-27-19/h3-7,10,15H,8-9,19H2,1-2H3,(H,20,23). The van der Waals surface area contributed by atoms with E-state index in [0.717, 1.165) is 34.0 Å². The number of rotatable bonds is 8. The summed E-state index contributed by atoms with van der Waals surface area (Å²) in [5, 5.41) is 6.82. The van der Waals surface area contributed by atoms with Crippen molar-refractivity contribution < 1.29 is 17.9 Å². The summed E-state index contributed by atoms with van der Waals surface area (Å²) in [6.45, 7) is 0.280. The summed E-state index contributed by atoms with van der Waals surface area (Å²) in [6, 6.07) is 9.23. The van der Waals surface area contributed by atoms with Gasteiger partial charge in [0.15, 0.2) is 15.1 Å². The van der Waals surface area contributed by atoms with E-state index in [4.69, 9.17) is 9.88 Å². The molecule has 0 radical (unpaired) electrons. The van der Waals surface area contributed by atoms with Crippen molar-refractivity contribution in [3.8, 4) is 17.0 Å². The molecule has 0 saturated carbocycles. The van der Waals surface area contributed by atoms with Gasteiger partial charge in [-0.3, -0.25) is 9.93 Å². The van der Waals surface area contributed by atoms with Gasteiger partial charge in [-0.05, 0) is 29.8 Å². The Balaban J connectivity index is 2.00. The monoisotopic (exact) mass is 452 g/mol. The van der Waals surface area contributed by atoms with E-state index in [1.807, 2.05) is 24.3 Å². The average molecular weight is 453 g/mol. The highest BCUT2D eigenvalue weighted by Crippen LogP contribution is 2.35. The maximum atomic E-state index is 12.5. The van der Waals surface area contributed by atoms with Crippen molar-refractivity contribution in [3.05, 3.63) is 41.5 Å². The average Bonchev–Trinajstić information content (AvgIpc) is 3.09. The molecule has 8 nitrogen and oxygen atoms in total. The number of carbonyl (C=O) groups excluding carboxylic acids is 1. The Hall–Kier alpha value is -2.21. The Morgan fingerprint density at radius 2 is 2.17 bits per heavy atom. The van der Waals surface area contributed by atoms with Gasteiger partial charge in [-0.1, -0.05) is 18.0 Å². The van der Waals surface area contributed by atoms with Crippen LogP contribution in [0.4, 0.5) is 0 Å². The first-order valence-corrected chi connectivity index (χ1v) is 12.3. The molecule has 1 unspecified atom stereocenters. The highest BCUT2D eigenvalue weighted by molar-refractivity contribution is 7.97. The second-order valence-corrected chi connectivity index (χ2v) is 10.1. The Kier molecular flexibility index (Phi) is 6.73. The minimum absolute atomic E-state index is 0.232. The maximum Gasteiger partial charge on any atom is 0.245 e. The third kappa shape index (κ3) is 4.86. The number of fused-ring (bicyclic) bond motifs is 1. The molecule has 29 heavy (non-hydrogen) atoms. The molecule has 2 aromatic heterocycles. The third-order valence-electron chi connectivity index (χ3n) is 4.09. The summed E-state index contributed by atoms with van der Waals surface area (Å²) < 4.78 is 30.7. The topological polar surface area (TPSA) is 124 Å². The number of thiazole rings is 1. The maximum absolute atomic E-state index is 12.5. The number of nitrogens with zero attached hydrogens (tertiary/aromatic N) is 2. The summed E-state index contributed by atoms with van der Waals surface area (Å²) in [5.74, 6) is 0.371. The number of aromatic nitrogens is 2. The van der Waals surface area contributed by atoms with Crippen molar-refractivity contribution in [2.24, 2.45) is 5.14 Å². The summed E-state index contributed by atoms with van der Waals surface area (Å²) in [7, 11) is -2.16. The van der Waals surface area contributed by atoms with Gasteiger partial charge in [-0.15, -0.1) is 11.3 Å². The number of carbonyl (C=O) groups is 1. The van der Waals surface area contributed by atoms with Crippen LogP contribution in [0.5, 0.6) is 5.88 Å². The summed E-state index contributed by atoms with van der Waals surface area (Å²) >= 11 is 2.25. The minimum Gasteiger partial charge on any atom is -0.481 e. The van der Waals surface area contributed by atoms with Crippen LogP contribution in [-0.4, -0.2) is 50.0 Å². The first-order chi connectivity index (χ1) is 13.8. The molecular formula is C18H20N4O4S3. The quantitative estimate of drug-likeness (QED) is 0.394. The predicted molar refractivity (Wildman–Crippen MR) is 117 cm³/mol. The first-order valence-electron chi connectivity index (χ1n) is 8.53. The molecule has 154 valence electrons. The van der Waals surface area contributed by atoms with E-state index in [0.29, 0.717) is 17.1 Å². The lowest BCUT2D eigenvalue weighted by atomic mass is 10.1. The number of benzene rings is 1. The fraction of sp³-hybridized carbons (Fsp3) is 0.278. The van der Waals surface area contributed by atoms with Gasteiger partial charge >= 0.3 is 0 Å². The SMILES string of the molecule is COc1ncccc1-c1ccc2nc(C(C(=O)NCCSN)S(C)(=O)=O)sc2c1. The third-order valence-corrected chi connectivity index (χ3v) is 7.06. The predicted octanol–water partition coefficient (Wildman–Crippen LogP) is 2.18. The van der Waals surface area contributed by atoms with Crippen LogP contribution in [0.2, 0.25) is 0 Å². The van der Waals surface area contributed by atoms with Crippen molar-refractivity contribution in [2.45, 2.75) is 5.25 Å². The second-order valence-electron chi connectivity index (χ2n) is 6.17. The lowest BCUT2D eigenvalue weighted by molar-refractivity contribution is -0.120. The van der Waals surface area contributed by atoms with Crippen molar-refractivity contribution >= 4 is 49.2 Å². The lowest BCUT2D eigenvalue weighted by Crippen LogP contribution is -2.34. The van der Waals surface area contributed by atoms with E-state index in [2.05, 4.69) is 15.3 Å². The van der Waals surface area contributed by atoms with E-state index in [1.165, 1.54) is 11.3 Å². The molecule has 0 aliphatic rings. The van der Waals surface area contributed by atoms with Crippen LogP contribution in [0, 0.1) is 0 Å². The number of amides is 1. The van der Waals surface area contributed by atoms with Crippen LogP contribution in [-0.2, 0) is 14.6 Å². The van der Waals surface area contributed by atoms with E-state index in [1.54, 1.807) is 19.4 Å².